The van der Waals surface area contributed by atoms with Gasteiger partial charge in [-0.05, 0) is 25.5 Å². The number of carbonyl (C=O) groups excluding carboxylic acids is 1. The topological polar surface area (TPSA) is 75.6 Å². The Hall–Kier alpha value is -2.82. The van der Waals surface area contributed by atoms with Gasteiger partial charge in [0.25, 0.3) is 0 Å². The summed E-state index contributed by atoms with van der Waals surface area (Å²) < 4.78 is 5.69. The van der Waals surface area contributed by atoms with Gasteiger partial charge in [0.05, 0.1) is 12.5 Å². The van der Waals surface area contributed by atoms with Crippen LogP contribution in [0.1, 0.15) is 31.0 Å². The summed E-state index contributed by atoms with van der Waals surface area (Å²) in [6.45, 7) is 3.82. The molecule has 0 spiro atoms. The minimum atomic E-state index is -1.10. The molecule has 0 bridgehead atoms. The Labute approximate surface area is 141 Å². The summed E-state index contributed by atoms with van der Waals surface area (Å²) in [5, 5.41) is 11.9. The molecule has 0 fully saturated rings. The highest BCUT2D eigenvalue weighted by Crippen LogP contribution is 2.20. The van der Waals surface area contributed by atoms with Crippen LogP contribution >= 0.6 is 0 Å². The average Bonchev–Trinajstić information content (AvgIpc) is 2.54. The molecule has 0 heterocycles. The van der Waals surface area contributed by atoms with Crippen molar-refractivity contribution in [3.8, 4) is 5.75 Å². The van der Waals surface area contributed by atoms with E-state index in [1.807, 2.05) is 26.0 Å². The molecular weight excluding hydrogens is 306 g/mol. The van der Waals surface area contributed by atoms with Crippen LogP contribution < -0.4 is 10.1 Å². The van der Waals surface area contributed by atoms with Gasteiger partial charge in [0.2, 0.25) is 5.91 Å². The van der Waals surface area contributed by atoms with Gasteiger partial charge in [-0.15, -0.1) is 0 Å². The van der Waals surface area contributed by atoms with Crippen LogP contribution in [0.5, 0.6) is 5.75 Å². The Morgan fingerprint density at radius 1 is 1.04 bits per heavy atom. The fraction of sp³-hybridized carbons (Fsp3) is 0.263. The highest BCUT2D eigenvalue weighted by Gasteiger charge is 2.22. The first-order valence-electron chi connectivity index (χ1n) is 7.79. The zero-order valence-electron chi connectivity index (χ0n) is 13.7. The second kappa shape index (κ2) is 8.15. The SMILES string of the molecule is CC(C)Oc1ccccc1CC(=O)N[C@H](C(=O)O)c1ccccc1. The quantitative estimate of drug-likeness (QED) is 0.820. The molecule has 5 heteroatoms. The largest absolute Gasteiger partial charge is 0.491 e. The third kappa shape index (κ3) is 4.84. The molecule has 126 valence electrons. The lowest BCUT2D eigenvalue weighted by Gasteiger charge is -2.17. The normalized spacial score (nSPS) is 11.8. The fourth-order valence-corrected chi connectivity index (χ4v) is 2.34. The number of carbonyl (C=O) groups is 2. The summed E-state index contributed by atoms with van der Waals surface area (Å²) in [6, 6.07) is 14.8. The molecule has 0 unspecified atom stereocenters. The van der Waals surface area contributed by atoms with Gasteiger partial charge < -0.3 is 15.2 Å². The van der Waals surface area contributed by atoms with Crippen LogP contribution in [0.3, 0.4) is 0 Å². The number of carboxylic acid groups (broad SMARTS) is 1. The van der Waals surface area contributed by atoms with Crippen molar-refractivity contribution in [1.82, 2.24) is 5.32 Å². The first kappa shape index (κ1) is 17.5. The summed E-state index contributed by atoms with van der Waals surface area (Å²) in [5.41, 5.74) is 1.26. The number of rotatable bonds is 7. The number of para-hydroxylation sites is 1. The maximum Gasteiger partial charge on any atom is 0.330 e. The first-order valence-corrected chi connectivity index (χ1v) is 7.79. The highest BCUT2D eigenvalue weighted by molar-refractivity contribution is 5.86. The number of hydrogen-bond acceptors (Lipinski definition) is 3. The summed E-state index contributed by atoms with van der Waals surface area (Å²) in [7, 11) is 0. The maximum absolute atomic E-state index is 12.3. The van der Waals surface area contributed by atoms with E-state index in [1.165, 1.54) is 0 Å². The highest BCUT2D eigenvalue weighted by atomic mass is 16.5. The van der Waals surface area contributed by atoms with Crippen molar-refractivity contribution in [3.05, 3.63) is 65.7 Å². The number of benzene rings is 2. The van der Waals surface area contributed by atoms with Crippen molar-refractivity contribution in [3.63, 3.8) is 0 Å². The molecular formula is C19H21NO4. The lowest BCUT2D eigenvalue weighted by molar-refractivity contribution is -0.141. The smallest absolute Gasteiger partial charge is 0.330 e. The summed E-state index contributed by atoms with van der Waals surface area (Å²) in [5.74, 6) is -0.832. The molecule has 1 amide bonds. The third-order valence-electron chi connectivity index (χ3n) is 3.37. The number of carboxylic acids is 1. The van der Waals surface area contributed by atoms with Crippen molar-refractivity contribution >= 4 is 11.9 Å². The van der Waals surface area contributed by atoms with E-state index >= 15 is 0 Å². The second-order valence-corrected chi connectivity index (χ2v) is 5.70. The van der Waals surface area contributed by atoms with Crippen molar-refractivity contribution in [2.45, 2.75) is 32.4 Å². The zero-order chi connectivity index (χ0) is 17.5. The van der Waals surface area contributed by atoms with Gasteiger partial charge in [-0.1, -0.05) is 48.5 Å². The van der Waals surface area contributed by atoms with Gasteiger partial charge >= 0.3 is 5.97 Å². The second-order valence-electron chi connectivity index (χ2n) is 5.70. The zero-order valence-corrected chi connectivity index (χ0v) is 13.7. The minimum absolute atomic E-state index is 0.00898. The van der Waals surface area contributed by atoms with Crippen LogP contribution in [0.2, 0.25) is 0 Å². The maximum atomic E-state index is 12.3. The van der Waals surface area contributed by atoms with E-state index in [9.17, 15) is 14.7 Å². The van der Waals surface area contributed by atoms with Gasteiger partial charge in [0.1, 0.15) is 5.75 Å². The summed E-state index contributed by atoms with van der Waals surface area (Å²) in [6.07, 6.45) is 0.0461. The first-order chi connectivity index (χ1) is 11.5. The van der Waals surface area contributed by atoms with E-state index in [1.54, 1.807) is 42.5 Å². The fourth-order valence-electron chi connectivity index (χ4n) is 2.34. The van der Waals surface area contributed by atoms with E-state index in [-0.39, 0.29) is 18.4 Å². The Morgan fingerprint density at radius 3 is 2.29 bits per heavy atom. The molecule has 24 heavy (non-hydrogen) atoms. The molecule has 1 atom stereocenters. The number of ether oxygens (including phenoxy) is 1. The predicted molar refractivity (Wildman–Crippen MR) is 90.9 cm³/mol. The van der Waals surface area contributed by atoms with Crippen molar-refractivity contribution in [2.24, 2.45) is 0 Å². The Balaban J connectivity index is 2.11. The molecule has 2 rings (SSSR count). The van der Waals surface area contributed by atoms with Crippen LogP contribution in [0.15, 0.2) is 54.6 Å². The van der Waals surface area contributed by atoms with Gasteiger partial charge in [-0.25, -0.2) is 4.79 Å². The molecule has 2 aromatic rings. The average molecular weight is 327 g/mol. The molecule has 0 aliphatic carbocycles. The molecule has 0 saturated heterocycles. The molecule has 0 aliphatic rings. The Morgan fingerprint density at radius 2 is 1.67 bits per heavy atom. The van der Waals surface area contributed by atoms with Crippen LogP contribution in [0.4, 0.5) is 0 Å². The number of amides is 1. The third-order valence-corrected chi connectivity index (χ3v) is 3.37. The van der Waals surface area contributed by atoms with Gasteiger partial charge in [0, 0.05) is 5.56 Å². The van der Waals surface area contributed by atoms with E-state index in [0.717, 1.165) is 5.56 Å². The van der Waals surface area contributed by atoms with E-state index in [0.29, 0.717) is 11.3 Å². The lowest BCUT2D eigenvalue weighted by Crippen LogP contribution is -2.34. The van der Waals surface area contributed by atoms with Crippen molar-refractivity contribution in [2.75, 3.05) is 0 Å². The van der Waals surface area contributed by atoms with Crippen molar-refractivity contribution in [1.29, 1.82) is 0 Å². The number of aliphatic carboxylic acids is 1. The summed E-state index contributed by atoms with van der Waals surface area (Å²) in [4.78, 5) is 23.8. The minimum Gasteiger partial charge on any atom is -0.491 e. The molecule has 2 aromatic carbocycles. The van der Waals surface area contributed by atoms with Crippen LogP contribution in [0.25, 0.3) is 0 Å². The van der Waals surface area contributed by atoms with E-state index in [4.69, 9.17) is 4.74 Å². The van der Waals surface area contributed by atoms with Crippen molar-refractivity contribution < 1.29 is 19.4 Å². The van der Waals surface area contributed by atoms with Gasteiger partial charge in [-0.3, -0.25) is 4.79 Å². The Bertz CT molecular complexity index is 698. The summed E-state index contributed by atoms with van der Waals surface area (Å²) >= 11 is 0. The standard InChI is InChI=1S/C19H21NO4/c1-13(2)24-16-11-7-6-10-15(16)12-17(21)20-18(19(22)23)14-8-4-3-5-9-14/h3-11,13,18H,12H2,1-2H3,(H,20,21)(H,22,23)/t18-/m0/s1. The number of hydrogen-bond donors (Lipinski definition) is 2. The Kier molecular flexibility index (Phi) is 5.95. The van der Waals surface area contributed by atoms with Gasteiger partial charge in [-0.2, -0.15) is 0 Å². The molecule has 5 nitrogen and oxygen atoms in total. The van der Waals surface area contributed by atoms with Crippen LogP contribution in [-0.4, -0.2) is 23.1 Å². The van der Waals surface area contributed by atoms with Gasteiger partial charge in [0.15, 0.2) is 6.04 Å². The van der Waals surface area contributed by atoms with E-state index in [2.05, 4.69) is 5.32 Å². The molecule has 0 aliphatic heterocycles. The van der Waals surface area contributed by atoms with E-state index < -0.39 is 12.0 Å². The number of nitrogens with one attached hydrogen (secondary N) is 1. The molecule has 0 aromatic heterocycles. The monoisotopic (exact) mass is 327 g/mol. The molecule has 0 radical (unpaired) electrons. The van der Waals surface area contributed by atoms with Crippen LogP contribution in [-0.2, 0) is 16.0 Å². The lowest BCUT2D eigenvalue weighted by atomic mass is 10.1. The molecule has 2 N–H and O–H groups in total. The predicted octanol–water partition coefficient (Wildman–Crippen LogP) is 2.96. The van der Waals surface area contributed by atoms with Crippen LogP contribution in [0, 0.1) is 0 Å². The molecule has 0 saturated carbocycles.